The van der Waals surface area contributed by atoms with Gasteiger partial charge < -0.3 is 9.84 Å². The highest BCUT2D eigenvalue weighted by Gasteiger charge is 2.30. The van der Waals surface area contributed by atoms with Gasteiger partial charge in [0.05, 0.1) is 13.5 Å². The van der Waals surface area contributed by atoms with Crippen LogP contribution in [0.15, 0.2) is 18.2 Å². The van der Waals surface area contributed by atoms with Crippen LogP contribution in [0.4, 0.5) is 0 Å². The number of aliphatic carboxylic acids is 1. The van der Waals surface area contributed by atoms with E-state index in [1.54, 1.807) is 7.11 Å². The number of carbonyl (C=O) groups is 1. The van der Waals surface area contributed by atoms with Gasteiger partial charge in [0.15, 0.2) is 0 Å². The smallest absolute Gasteiger partial charge is 0.303 e. The second kappa shape index (κ2) is 5.42. The molecule has 2 rings (SSSR count). The minimum absolute atomic E-state index is 0.154. The molecule has 98 valence electrons. The summed E-state index contributed by atoms with van der Waals surface area (Å²) in [5, 5.41) is 9.06. The molecule has 1 aliphatic carbocycles. The molecule has 1 atom stereocenters. The van der Waals surface area contributed by atoms with Gasteiger partial charge in [-0.05, 0) is 48.8 Å². The largest absolute Gasteiger partial charge is 0.496 e. The molecule has 3 nitrogen and oxygen atoms in total. The minimum Gasteiger partial charge on any atom is -0.496 e. The Morgan fingerprint density at radius 3 is 2.67 bits per heavy atom. The maximum atomic E-state index is 11.0. The molecular formula is C15H20O3. The summed E-state index contributed by atoms with van der Waals surface area (Å²) in [6.45, 7) is 2.00. The third-order valence-electron chi connectivity index (χ3n) is 3.96. The number of hydrogen-bond acceptors (Lipinski definition) is 2. The van der Waals surface area contributed by atoms with Crippen LogP contribution in [-0.2, 0) is 4.79 Å². The molecule has 18 heavy (non-hydrogen) atoms. The lowest BCUT2D eigenvalue weighted by molar-refractivity contribution is -0.138. The Balaban J connectivity index is 2.23. The van der Waals surface area contributed by atoms with Crippen molar-refractivity contribution in [2.24, 2.45) is 5.92 Å². The number of ether oxygens (including phenoxy) is 1. The molecular weight excluding hydrogens is 228 g/mol. The van der Waals surface area contributed by atoms with Crippen molar-refractivity contribution < 1.29 is 14.6 Å². The Kier molecular flexibility index (Phi) is 3.90. The molecule has 1 aliphatic rings. The predicted molar refractivity (Wildman–Crippen MR) is 70.1 cm³/mol. The summed E-state index contributed by atoms with van der Waals surface area (Å²) in [6, 6.07) is 6.03. The molecule has 3 heteroatoms. The first-order valence-electron chi connectivity index (χ1n) is 6.48. The van der Waals surface area contributed by atoms with Gasteiger partial charge in [-0.1, -0.05) is 18.6 Å². The summed E-state index contributed by atoms with van der Waals surface area (Å²) >= 11 is 0. The standard InChI is InChI=1S/C15H20O3/c1-10-8-12(6-7-14(10)18-2)13(9-15(16)17)11-4-3-5-11/h6-8,11,13H,3-5,9H2,1-2H3,(H,16,17). The third kappa shape index (κ3) is 2.66. The van der Waals surface area contributed by atoms with E-state index in [2.05, 4.69) is 6.07 Å². The van der Waals surface area contributed by atoms with E-state index in [1.807, 2.05) is 19.1 Å². The Hall–Kier alpha value is -1.51. The number of methoxy groups -OCH3 is 1. The molecule has 0 spiro atoms. The maximum Gasteiger partial charge on any atom is 0.303 e. The maximum absolute atomic E-state index is 11.0. The Bertz CT molecular complexity index is 435. The van der Waals surface area contributed by atoms with Gasteiger partial charge >= 0.3 is 5.97 Å². The van der Waals surface area contributed by atoms with Crippen molar-refractivity contribution in [3.63, 3.8) is 0 Å². The summed E-state index contributed by atoms with van der Waals surface area (Å²) in [4.78, 5) is 11.0. The van der Waals surface area contributed by atoms with Crippen LogP contribution in [0.1, 0.15) is 42.7 Å². The van der Waals surface area contributed by atoms with E-state index in [-0.39, 0.29) is 12.3 Å². The second-order valence-corrected chi connectivity index (χ2v) is 5.12. The van der Waals surface area contributed by atoms with Crippen LogP contribution in [0.25, 0.3) is 0 Å². The second-order valence-electron chi connectivity index (χ2n) is 5.12. The van der Waals surface area contributed by atoms with Crippen molar-refractivity contribution in [1.29, 1.82) is 0 Å². The molecule has 0 aliphatic heterocycles. The first-order chi connectivity index (χ1) is 8.61. The normalized spacial score (nSPS) is 17.0. The van der Waals surface area contributed by atoms with Crippen molar-refractivity contribution >= 4 is 5.97 Å². The SMILES string of the molecule is COc1ccc(C(CC(=O)O)C2CCC2)cc1C. The van der Waals surface area contributed by atoms with Crippen LogP contribution < -0.4 is 4.74 Å². The summed E-state index contributed by atoms with van der Waals surface area (Å²) in [5.74, 6) is 0.844. The topological polar surface area (TPSA) is 46.5 Å². The van der Waals surface area contributed by atoms with E-state index in [0.717, 1.165) is 29.7 Å². The lowest BCUT2D eigenvalue weighted by atomic mass is 9.71. The van der Waals surface area contributed by atoms with Crippen LogP contribution >= 0.6 is 0 Å². The van der Waals surface area contributed by atoms with Gasteiger partial charge in [-0.15, -0.1) is 0 Å². The van der Waals surface area contributed by atoms with Gasteiger partial charge in [0.2, 0.25) is 0 Å². The van der Waals surface area contributed by atoms with Gasteiger partial charge in [0.1, 0.15) is 5.75 Å². The van der Waals surface area contributed by atoms with Crippen LogP contribution in [0.5, 0.6) is 5.75 Å². The molecule has 0 bridgehead atoms. The zero-order valence-corrected chi connectivity index (χ0v) is 11.0. The number of aryl methyl sites for hydroxylation is 1. The number of carboxylic acids is 1. The quantitative estimate of drug-likeness (QED) is 0.869. The highest BCUT2D eigenvalue weighted by Crippen LogP contribution is 2.42. The molecule has 0 aromatic heterocycles. The first kappa shape index (κ1) is 12.9. The molecule has 1 aromatic carbocycles. The van der Waals surface area contributed by atoms with Gasteiger partial charge in [-0.3, -0.25) is 4.79 Å². The van der Waals surface area contributed by atoms with Gasteiger partial charge in [-0.25, -0.2) is 0 Å². The highest BCUT2D eigenvalue weighted by molar-refractivity contribution is 5.68. The average molecular weight is 248 g/mol. The van der Waals surface area contributed by atoms with Crippen LogP contribution in [-0.4, -0.2) is 18.2 Å². The van der Waals surface area contributed by atoms with E-state index in [9.17, 15) is 4.79 Å². The lowest BCUT2D eigenvalue weighted by Gasteiger charge is -2.33. The first-order valence-corrected chi connectivity index (χ1v) is 6.48. The van der Waals surface area contributed by atoms with Crippen molar-refractivity contribution in [3.05, 3.63) is 29.3 Å². The Labute approximate surface area is 108 Å². The zero-order valence-electron chi connectivity index (χ0n) is 11.0. The van der Waals surface area contributed by atoms with Crippen LogP contribution in [0, 0.1) is 12.8 Å². The predicted octanol–water partition coefficient (Wildman–Crippen LogP) is 3.36. The average Bonchev–Trinajstić information content (AvgIpc) is 2.25. The molecule has 0 amide bonds. The van der Waals surface area contributed by atoms with Crippen molar-refractivity contribution in [2.75, 3.05) is 7.11 Å². The minimum atomic E-state index is -0.708. The third-order valence-corrected chi connectivity index (χ3v) is 3.96. The number of carboxylic acid groups (broad SMARTS) is 1. The summed E-state index contributed by atoms with van der Waals surface area (Å²) in [7, 11) is 1.66. The molecule has 1 fully saturated rings. The fourth-order valence-corrected chi connectivity index (χ4v) is 2.72. The number of benzene rings is 1. The van der Waals surface area contributed by atoms with Crippen molar-refractivity contribution in [3.8, 4) is 5.75 Å². The summed E-state index contributed by atoms with van der Waals surface area (Å²) in [5.41, 5.74) is 2.21. The Morgan fingerprint density at radius 1 is 1.50 bits per heavy atom. The lowest BCUT2D eigenvalue weighted by Crippen LogP contribution is -2.22. The fourth-order valence-electron chi connectivity index (χ4n) is 2.72. The molecule has 0 heterocycles. The van der Waals surface area contributed by atoms with E-state index in [0.29, 0.717) is 5.92 Å². The van der Waals surface area contributed by atoms with Gasteiger partial charge in [-0.2, -0.15) is 0 Å². The Morgan fingerprint density at radius 2 is 2.22 bits per heavy atom. The van der Waals surface area contributed by atoms with Gasteiger partial charge in [0.25, 0.3) is 0 Å². The number of hydrogen-bond donors (Lipinski definition) is 1. The molecule has 1 saturated carbocycles. The van der Waals surface area contributed by atoms with Crippen molar-refractivity contribution in [1.82, 2.24) is 0 Å². The van der Waals surface area contributed by atoms with Gasteiger partial charge in [0, 0.05) is 0 Å². The van der Waals surface area contributed by atoms with E-state index in [1.165, 1.54) is 6.42 Å². The number of rotatable bonds is 5. The van der Waals surface area contributed by atoms with E-state index >= 15 is 0 Å². The fraction of sp³-hybridized carbons (Fsp3) is 0.533. The summed E-state index contributed by atoms with van der Waals surface area (Å²) in [6.07, 6.45) is 3.78. The molecule has 1 unspecified atom stereocenters. The molecule has 1 aromatic rings. The zero-order chi connectivity index (χ0) is 13.1. The van der Waals surface area contributed by atoms with E-state index < -0.39 is 5.97 Å². The molecule has 0 radical (unpaired) electrons. The summed E-state index contributed by atoms with van der Waals surface area (Å²) < 4.78 is 5.25. The monoisotopic (exact) mass is 248 g/mol. The molecule has 1 N–H and O–H groups in total. The van der Waals surface area contributed by atoms with Crippen LogP contribution in [0.2, 0.25) is 0 Å². The highest BCUT2D eigenvalue weighted by atomic mass is 16.5. The van der Waals surface area contributed by atoms with Crippen molar-refractivity contribution in [2.45, 2.75) is 38.5 Å². The van der Waals surface area contributed by atoms with Crippen LogP contribution in [0.3, 0.4) is 0 Å². The molecule has 0 saturated heterocycles. The van der Waals surface area contributed by atoms with E-state index in [4.69, 9.17) is 9.84 Å².